The van der Waals surface area contributed by atoms with Crippen molar-refractivity contribution in [1.82, 2.24) is 14.5 Å². The molecule has 0 atom stereocenters. The highest BCUT2D eigenvalue weighted by molar-refractivity contribution is 6.40. The zero-order valence-corrected chi connectivity index (χ0v) is 26.3. The molecule has 12 aromatic rings. The van der Waals surface area contributed by atoms with E-state index in [0.29, 0.717) is 11.5 Å². The van der Waals surface area contributed by atoms with Crippen LogP contribution in [0, 0.1) is 0 Å². The van der Waals surface area contributed by atoms with E-state index in [-0.39, 0.29) is 0 Å². The SMILES string of the molecule is c1ccc(-c2nc(-n3c4ccccc4c4c5oc6ccccc6c5c5c(ccc6oc7ccccc7c65)c43)nc3c2oc2ccccc23)cc1. The van der Waals surface area contributed by atoms with Crippen LogP contribution < -0.4 is 0 Å². The van der Waals surface area contributed by atoms with Gasteiger partial charge in [-0.2, -0.15) is 0 Å². The van der Waals surface area contributed by atoms with Crippen molar-refractivity contribution in [3.63, 3.8) is 0 Å². The molecule has 0 fully saturated rings. The maximum absolute atomic E-state index is 6.88. The Morgan fingerprint density at radius 1 is 0.400 bits per heavy atom. The van der Waals surface area contributed by atoms with Crippen LogP contribution in [0.15, 0.2) is 153 Å². The molecule has 0 aliphatic carbocycles. The van der Waals surface area contributed by atoms with Crippen LogP contribution in [0.2, 0.25) is 0 Å². The molecule has 6 nitrogen and oxygen atoms in total. The third kappa shape index (κ3) is 3.27. The van der Waals surface area contributed by atoms with E-state index in [9.17, 15) is 0 Å². The molecule has 0 aliphatic heterocycles. The summed E-state index contributed by atoms with van der Waals surface area (Å²) in [6.45, 7) is 0. The number of nitrogens with zero attached hydrogens (tertiary/aromatic N) is 3. The highest BCUT2D eigenvalue weighted by atomic mass is 16.3. The van der Waals surface area contributed by atoms with E-state index in [0.717, 1.165) is 104 Å². The summed E-state index contributed by atoms with van der Waals surface area (Å²) >= 11 is 0. The number of benzene rings is 7. The molecular formula is C44H23N3O3. The smallest absolute Gasteiger partial charge is 0.236 e. The summed E-state index contributed by atoms with van der Waals surface area (Å²) in [5, 5.41) is 9.45. The Morgan fingerprint density at radius 3 is 1.82 bits per heavy atom. The van der Waals surface area contributed by atoms with Gasteiger partial charge in [-0.15, -0.1) is 0 Å². The molecule has 0 unspecified atom stereocenters. The average molecular weight is 642 g/mol. The van der Waals surface area contributed by atoms with Crippen molar-refractivity contribution in [2.45, 2.75) is 0 Å². The molecule has 232 valence electrons. The van der Waals surface area contributed by atoms with E-state index in [1.165, 1.54) is 0 Å². The first-order valence-electron chi connectivity index (χ1n) is 16.7. The van der Waals surface area contributed by atoms with Crippen molar-refractivity contribution in [3.05, 3.63) is 140 Å². The minimum Gasteiger partial charge on any atom is -0.456 e. The lowest BCUT2D eigenvalue weighted by atomic mass is 9.96. The van der Waals surface area contributed by atoms with Crippen LogP contribution in [0.4, 0.5) is 0 Å². The van der Waals surface area contributed by atoms with Gasteiger partial charge in [0.2, 0.25) is 5.95 Å². The van der Waals surface area contributed by atoms with E-state index in [1.807, 2.05) is 60.7 Å². The lowest BCUT2D eigenvalue weighted by Crippen LogP contribution is -2.03. The Bertz CT molecular complexity index is 3380. The molecule has 5 aromatic heterocycles. The van der Waals surface area contributed by atoms with Crippen LogP contribution in [0.25, 0.3) is 116 Å². The monoisotopic (exact) mass is 641 g/mol. The fourth-order valence-electron chi connectivity index (χ4n) is 8.15. The fraction of sp³-hybridized carbons (Fsp3) is 0. The van der Waals surface area contributed by atoms with Gasteiger partial charge in [-0.05, 0) is 42.5 Å². The minimum atomic E-state index is 0.558. The molecule has 6 heteroatoms. The lowest BCUT2D eigenvalue weighted by molar-refractivity contribution is 0.666. The molecule has 0 saturated heterocycles. The van der Waals surface area contributed by atoms with Gasteiger partial charge < -0.3 is 13.3 Å². The first kappa shape index (κ1) is 26.1. The normalized spacial score (nSPS) is 12.4. The third-order valence-corrected chi connectivity index (χ3v) is 10.2. The number of hydrogen-bond donors (Lipinski definition) is 0. The van der Waals surface area contributed by atoms with Gasteiger partial charge in [0.05, 0.1) is 16.4 Å². The number of fused-ring (bicyclic) bond motifs is 17. The summed E-state index contributed by atoms with van der Waals surface area (Å²) < 4.78 is 22.0. The van der Waals surface area contributed by atoms with Gasteiger partial charge >= 0.3 is 0 Å². The first-order chi connectivity index (χ1) is 24.8. The summed E-state index contributed by atoms with van der Waals surface area (Å²) in [4.78, 5) is 10.7. The van der Waals surface area contributed by atoms with Crippen molar-refractivity contribution < 1.29 is 13.3 Å². The molecule has 5 heterocycles. The zero-order valence-electron chi connectivity index (χ0n) is 26.3. The van der Waals surface area contributed by atoms with Crippen LogP contribution in [0.5, 0.6) is 0 Å². The Kier molecular flexibility index (Phi) is 4.89. The van der Waals surface area contributed by atoms with Crippen molar-refractivity contribution in [3.8, 4) is 17.2 Å². The molecule has 12 rings (SSSR count). The van der Waals surface area contributed by atoms with Gasteiger partial charge in [-0.1, -0.05) is 97.1 Å². The van der Waals surface area contributed by atoms with Crippen LogP contribution in [-0.4, -0.2) is 14.5 Å². The fourth-order valence-corrected chi connectivity index (χ4v) is 8.15. The second-order valence-electron chi connectivity index (χ2n) is 12.9. The maximum atomic E-state index is 6.88. The summed E-state index contributed by atoms with van der Waals surface area (Å²) in [5.74, 6) is 0.558. The van der Waals surface area contributed by atoms with Gasteiger partial charge in [0.15, 0.2) is 5.58 Å². The van der Waals surface area contributed by atoms with Crippen LogP contribution in [0.3, 0.4) is 0 Å². The van der Waals surface area contributed by atoms with Gasteiger partial charge in [0.1, 0.15) is 39.1 Å². The van der Waals surface area contributed by atoms with Gasteiger partial charge in [0.25, 0.3) is 0 Å². The van der Waals surface area contributed by atoms with Crippen molar-refractivity contribution in [1.29, 1.82) is 0 Å². The molecule has 0 aliphatic rings. The molecule has 0 bridgehead atoms. The summed E-state index contributed by atoms with van der Waals surface area (Å²) in [5.41, 5.74) is 9.23. The maximum Gasteiger partial charge on any atom is 0.236 e. The third-order valence-electron chi connectivity index (χ3n) is 10.2. The average Bonchev–Trinajstić information content (AvgIpc) is 3.93. The van der Waals surface area contributed by atoms with Crippen molar-refractivity contribution in [2.24, 2.45) is 0 Å². The van der Waals surface area contributed by atoms with E-state index >= 15 is 0 Å². The van der Waals surface area contributed by atoms with Gasteiger partial charge in [0, 0.05) is 48.7 Å². The minimum absolute atomic E-state index is 0.558. The highest BCUT2D eigenvalue weighted by Crippen LogP contribution is 2.49. The van der Waals surface area contributed by atoms with Gasteiger partial charge in [-0.3, -0.25) is 4.57 Å². The first-order valence-corrected chi connectivity index (χ1v) is 16.7. The summed E-state index contributed by atoms with van der Waals surface area (Å²) in [6.07, 6.45) is 0. The second kappa shape index (κ2) is 9.36. The van der Waals surface area contributed by atoms with Gasteiger partial charge in [-0.25, -0.2) is 9.97 Å². The molecule has 0 spiro atoms. The quantitative estimate of drug-likeness (QED) is 0.188. The number of hydrogen-bond acceptors (Lipinski definition) is 5. The van der Waals surface area contributed by atoms with E-state index in [2.05, 4.69) is 83.4 Å². The predicted molar refractivity (Wildman–Crippen MR) is 201 cm³/mol. The predicted octanol–water partition coefficient (Wildman–Crippen LogP) is 12.1. The van der Waals surface area contributed by atoms with Crippen molar-refractivity contribution in [2.75, 3.05) is 0 Å². The van der Waals surface area contributed by atoms with E-state index in [4.69, 9.17) is 23.2 Å². The molecule has 0 amide bonds. The lowest BCUT2D eigenvalue weighted by Gasteiger charge is -2.11. The highest BCUT2D eigenvalue weighted by Gasteiger charge is 2.27. The molecular weight excluding hydrogens is 619 g/mol. The van der Waals surface area contributed by atoms with Crippen molar-refractivity contribution >= 4 is 98.5 Å². The number of aromatic nitrogens is 3. The number of rotatable bonds is 2. The standard InChI is InChI=1S/C44H23N3O3/c1-2-12-24(13-3-1)39-43-40(28-17-7-11-21-33(28)50-43)46-44(45-39)47-30-18-8-4-14-25(30)38-41(47)29-22-23-34-35(26-15-5-9-19-31(26)48-34)36(29)37-27-16-6-10-20-32(27)49-42(37)38/h1-23H. The van der Waals surface area contributed by atoms with Crippen LogP contribution in [-0.2, 0) is 0 Å². The molecule has 7 aromatic carbocycles. The Balaban J connectivity index is 1.36. The topological polar surface area (TPSA) is 70.1 Å². The van der Waals surface area contributed by atoms with E-state index < -0.39 is 0 Å². The number of para-hydroxylation sites is 4. The molecule has 0 N–H and O–H groups in total. The molecule has 0 saturated carbocycles. The largest absolute Gasteiger partial charge is 0.456 e. The molecule has 0 radical (unpaired) electrons. The second-order valence-corrected chi connectivity index (χ2v) is 12.9. The van der Waals surface area contributed by atoms with Crippen LogP contribution >= 0.6 is 0 Å². The van der Waals surface area contributed by atoms with Crippen LogP contribution in [0.1, 0.15) is 0 Å². The zero-order chi connectivity index (χ0) is 32.5. The number of furan rings is 3. The molecule has 50 heavy (non-hydrogen) atoms. The Labute approximate surface area is 282 Å². The Hall–Kier alpha value is -6.92. The summed E-state index contributed by atoms with van der Waals surface area (Å²) in [6, 6.07) is 47.6. The summed E-state index contributed by atoms with van der Waals surface area (Å²) in [7, 11) is 0. The Morgan fingerprint density at radius 2 is 1.02 bits per heavy atom. The van der Waals surface area contributed by atoms with E-state index in [1.54, 1.807) is 0 Å².